The minimum Gasteiger partial charge on any atom is -0.432 e. The highest BCUT2D eigenvalue weighted by atomic mass is 17.5. The normalized spacial score (nSPS) is 10.9. The molecule has 0 aliphatic heterocycles. The van der Waals surface area contributed by atoms with Crippen molar-refractivity contribution in [1.29, 1.82) is 0 Å². The molecule has 0 amide bonds. The van der Waals surface area contributed by atoms with E-state index in [1.165, 1.54) is 0 Å². The van der Waals surface area contributed by atoms with Crippen LogP contribution in [0.15, 0.2) is 54.6 Å². The molecule has 7 heteroatoms. The van der Waals surface area contributed by atoms with E-state index >= 15 is 0 Å². The van der Waals surface area contributed by atoms with Gasteiger partial charge in [-0.2, -0.15) is 0 Å². The number of rotatable bonds is 8. The third-order valence-corrected chi connectivity index (χ3v) is 3.92. The fraction of sp³-hybridized carbons (Fsp3) is 0.300. The largest absolute Gasteiger partial charge is 0.543 e. The summed E-state index contributed by atoms with van der Waals surface area (Å²) in [5, 5.41) is 4.18. The molecule has 0 fully saturated rings. The van der Waals surface area contributed by atoms with Gasteiger partial charge < -0.3 is 9.47 Å². The van der Waals surface area contributed by atoms with Crippen LogP contribution in [0.1, 0.15) is 30.6 Å². The Hall–Kier alpha value is -2.90. The second-order valence-corrected chi connectivity index (χ2v) is 6.28. The van der Waals surface area contributed by atoms with Gasteiger partial charge in [0.05, 0.1) is 22.8 Å². The van der Waals surface area contributed by atoms with Crippen LogP contribution >= 0.6 is 0 Å². The highest BCUT2D eigenvalue weighted by molar-refractivity contribution is 5.89. The van der Waals surface area contributed by atoms with E-state index < -0.39 is 17.7 Å². The van der Waals surface area contributed by atoms with Crippen molar-refractivity contribution in [2.45, 2.75) is 25.9 Å². The molecule has 0 aliphatic carbocycles. The van der Waals surface area contributed by atoms with Crippen molar-refractivity contribution < 1.29 is 33.9 Å². The van der Waals surface area contributed by atoms with E-state index in [4.69, 9.17) is 9.47 Å². The quantitative estimate of drug-likeness (QED) is 0.386. The van der Waals surface area contributed by atoms with E-state index in [2.05, 4.69) is 14.8 Å². The monoisotopic (exact) mass is 374 g/mol. The van der Waals surface area contributed by atoms with Crippen molar-refractivity contribution >= 4 is 12.1 Å². The molecular weight excluding hydrogens is 352 g/mol. The molecule has 0 aromatic heterocycles. The average Bonchev–Trinajstić information content (AvgIpc) is 2.68. The Bertz CT molecular complexity index is 739. The molecule has 0 atom stereocenters. The Kier molecular flexibility index (Phi) is 7.34. The molecule has 0 aliphatic rings. The van der Waals surface area contributed by atoms with E-state index in [9.17, 15) is 9.59 Å². The number of hydrogen-bond donors (Lipinski definition) is 0. The van der Waals surface area contributed by atoms with E-state index in [0.29, 0.717) is 6.42 Å². The smallest absolute Gasteiger partial charge is 0.432 e. The molecule has 2 aromatic carbocycles. The fourth-order valence-electron chi connectivity index (χ4n) is 2.06. The molecule has 0 bridgehead atoms. The number of ether oxygens (including phenoxy) is 2. The first kappa shape index (κ1) is 20.4. The van der Waals surface area contributed by atoms with Crippen LogP contribution in [0.2, 0.25) is 0 Å². The summed E-state index contributed by atoms with van der Waals surface area (Å²) < 4.78 is 9.96. The highest BCUT2D eigenvalue weighted by Crippen LogP contribution is 2.19. The number of carbonyl (C=O) groups is 2. The molecule has 0 saturated heterocycles. The summed E-state index contributed by atoms with van der Waals surface area (Å²) in [6, 6.07) is 16.4. The summed E-state index contributed by atoms with van der Waals surface area (Å²) in [5.41, 5.74) is 1.79. The maximum Gasteiger partial charge on any atom is 0.543 e. The van der Waals surface area contributed by atoms with Gasteiger partial charge in [-0.15, -0.1) is 0 Å². The molecule has 0 unspecified atom stereocenters. The van der Waals surface area contributed by atoms with Crippen molar-refractivity contribution in [3.8, 4) is 11.1 Å². The second-order valence-electron chi connectivity index (χ2n) is 6.28. The van der Waals surface area contributed by atoms with Crippen molar-refractivity contribution in [1.82, 2.24) is 0 Å². The van der Waals surface area contributed by atoms with Crippen molar-refractivity contribution in [2.24, 2.45) is 0 Å². The summed E-state index contributed by atoms with van der Waals surface area (Å²) in [5.74, 6) is -0.803. The molecule has 7 nitrogen and oxygen atoms in total. The zero-order valence-corrected chi connectivity index (χ0v) is 15.5. The van der Waals surface area contributed by atoms with Gasteiger partial charge in [-0.1, -0.05) is 42.5 Å². The zero-order chi connectivity index (χ0) is 19.7. The summed E-state index contributed by atoms with van der Waals surface area (Å²) in [6.45, 7) is 3.77. The standard InChI is InChI=1S/C20H22O7/c1-20(2,23-3)13-14-24-19(22)26-27-25-18(21)17-11-9-16(10-12-17)15-7-5-4-6-8-15/h4-12H,13-14H2,1-3H3. The Morgan fingerprint density at radius 2 is 1.52 bits per heavy atom. The van der Waals surface area contributed by atoms with Gasteiger partial charge in [-0.25, -0.2) is 14.5 Å². The molecule has 0 N–H and O–H groups in total. The molecule has 0 spiro atoms. The summed E-state index contributed by atoms with van der Waals surface area (Å²) >= 11 is 0. The number of carbonyl (C=O) groups excluding carboxylic acids is 2. The molecule has 0 saturated carbocycles. The van der Waals surface area contributed by atoms with E-state index in [1.807, 2.05) is 44.2 Å². The minimum absolute atomic E-state index is 0.0674. The predicted molar refractivity (Wildman–Crippen MR) is 96.5 cm³/mol. The molecular formula is C20H22O7. The topological polar surface area (TPSA) is 80.3 Å². The van der Waals surface area contributed by atoms with Crippen LogP contribution in [-0.2, 0) is 24.3 Å². The summed E-state index contributed by atoms with van der Waals surface area (Å²) in [6.07, 6.45) is -0.652. The predicted octanol–water partition coefficient (Wildman–Crippen LogP) is 4.33. The Labute approximate surface area is 157 Å². The molecule has 144 valence electrons. The lowest BCUT2D eigenvalue weighted by atomic mass is 10.0. The molecule has 0 radical (unpaired) electrons. The third kappa shape index (κ3) is 6.73. The fourth-order valence-corrected chi connectivity index (χ4v) is 2.06. The van der Waals surface area contributed by atoms with Gasteiger partial charge in [0.25, 0.3) is 0 Å². The Morgan fingerprint density at radius 3 is 2.15 bits per heavy atom. The molecule has 27 heavy (non-hydrogen) atoms. The first-order valence-corrected chi connectivity index (χ1v) is 8.34. The van der Waals surface area contributed by atoms with Crippen LogP contribution in [0.25, 0.3) is 11.1 Å². The second kappa shape index (κ2) is 9.70. The van der Waals surface area contributed by atoms with Crippen LogP contribution in [-0.4, -0.2) is 31.4 Å². The number of hydrogen-bond acceptors (Lipinski definition) is 7. The van der Waals surface area contributed by atoms with Crippen LogP contribution in [0.4, 0.5) is 4.79 Å². The lowest BCUT2D eigenvalue weighted by Crippen LogP contribution is -2.25. The number of benzene rings is 2. The minimum atomic E-state index is -1.12. The Morgan fingerprint density at radius 1 is 0.889 bits per heavy atom. The van der Waals surface area contributed by atoms with Crippen molar-refractivity contribution in [2.75, 3.05) is 13.7 Å². The van der Waals surface area contributed by atoms with Gasteiger partial charge >= 0.3 is 12.1 Å². The van der Waals surface area contributed by atoms with Gasteiger partial charge in [0.15, 0.2) is 0 Å². The van der Waals surface area contributed by atoms with Gasteiger partial charge in [0.2, 0.25) is 0 Å². The van der Waals surface area contributed by atoms with Gasteiger partial charge in [-0.05, 0) is 37.1 Å². The van der Waals surface area contributed by atoms with Crippen LogP contribution in [0, 0.1) is 0 Å². The first-order chi connectivity index (χ1) is 12.9. The highest BCUT2D eigenvalue weighted by Gasteiger charge is 2.18. The van der Waals surface area contributed by atoms with Crippen LogP contribution in [0.3, 0.4) is 0 Å². The molecule has 2 rings (SSSR count). The SMILES string of the molecule is COC(C)(C)CCOC(=O)OOOC(=O)c1ccc(-c2ccccc2)cc1. The first-order valence-electron chi connectivity index (χ1n) is 8.34. The van der Waals surface area contributed by atoms with Gasteiger partial charge in [0, 0.05) is 13.5 Å². The van der Waals surface area contributed by atoms with Gasteiger partial charge in [0.1, 0.15) is 0 Å². The van der Waals surface area contributed by atoms with Crippen LogP contribution < -0.4 is 0 Å². The maximum absolute atomic E-state index is 11.9. The van der Waals surface area contributed by atoms with E-state index in [-0.39, 0.29) is 12.2 Å². The Balaban J connectivity index is 1.73. The zero-order valence-electron chi connectivity index (χ0n) is 15.5. The lowest BCUT2D eigenvalue weighted by Gasteiger charge is -2.21. The van der Waals surface area contributed by atoms with Gasteiger partial charge in [-0.3, -0.25) is 4.89 Å². The molecule has 2 aromatic rings. The summed E-state index contributed by atoms with van der Waals surface area (Å²) in [7, 11) is 1.56. The maximum atomic E-state index is 11.9. The van der Waals surface area contributed by atoms with E-state index in [0.717, 1.165) is 11.1 Å². The third-order valence-electron chi connectivity index (χ3n) is 3.92. The number of methoxy groups -OCH3 is 1. The summed E-state index contributed by atoms with van der Waals surface area (Å²) in [4.78, 5) is 31.9. The molecule has 0 heterocycles. The van der Waals surface area contributed by atoms with Crippen molar-refractivity contribution in [3.05, 3.63) is 60.2 Å². The van der Waals surface area contributed by atoms with Crippen LogP contribution in [0.5, 0.6) is 0 Å². The van der Waals surface area contributed by atoms with Crippen molar-refractivity contribution in [3.63, 3.8) is 0 Å². The van der Waals surface area contributed by atoms with E-state index in [1.54, 1.807) is 31.4 Å². The average molecular weight is 374 g/mol. The lowest BCUT2D eigenvalue weighted by molar-refractivity contribution is -0.452.